The Morgan fingerprint density at radius 1 is 1.47 bits per heavy atom. The molecular weight excluding hydrogens is 216 g/mol. The molecule has 17 heavy (non-hydrogen) atoms. The van der Waals surface area contributed by atoms with Gasteiger partial charge in [0.05, 0.1) is 12.1 Å². The molecule has 1 rings (SSSR count). The summed E-state index contributed by atoms with van der Waals surface area (Å²) in [4.78, 5) is 13.8. The van der Waals surface area contributed by atoms with E-state index in [1.54, 1.807) is 30.1 Å². The number of hydrogen-bond donors (Lipinski definition) is 2. The molecule has 0 heterocycles. The maximum Gasteiger partial charge on any atom is 0.254 e. The zero-order valence-electron chi connectivity index (χ0n) is 10.8. The number of anilines is 1. The zero-order valence-corrected chi connectivity index (χ0v) is 10.8. The average molecular weight is 236 g/mol. The second kappa shape index (κ2) is 4.75. The molecule has 0 fully saturated rings. The molecule has 0 aromatic heterocycles. The molecule has 0 radical (unpaired) electrons. The highest BCUT2D eigenvalue weighted by molar-refractivity contribution is 5.96. The normalized spacial score (nSPS) is 11.4. The first-order valence-electron chi connectivity index (χ1n) is 5.55. The van der Waals surface area contributed by atoms with Crippen molar-refractivity contribution in [2.24, 2.45) is 0 Å². The van der Waals surface area contributed by atoms with Gasteiger partial charge in [0.25, 0.3) is 5.91 Å². The van der Waals surface area contributed by atoms with Crippen LogP contribution < -0.4 is 5.73 Å². The Morgan fingerprint density at radius 3 is 2.53 bits per heavy atom. The maximum atomic E-state index is 12.3. The van der Waals surface area contributed by atoms with Crippen LogP contribution in [0.25, 0.3) is 0 Å². The molecule has 0 unspecified atom stereocenters. The van der Waals surface area contributed by atoms with Crippen molar-refractivity contribution in [3.05, 3.63) is 29.3 Å². The number of carbonyl (C=O) groups excluding carboxylic acids is 1. The fourth-order valence-corrected chi connectivity index (χ4v) is 1.49. The number of nitrogens with zero attached hydrogens (tertiary/aromatic N) is 1. The number of aliphatic hydroxyl groups excluding tert-OH is 1. The number of aliphatic hydroxyl groups is 1. The number of nitrogen functional groups attached to an aromatic ring is 1. The number of rotatable bonds is 3. The number of nitrogens with two attached hydrogens (primary N) is 1. The summed E-state index contributed by atoms with van der Waals surface area (Å²) in [5.74, 6) is -0.110. The third-order valence-electron chi connectivity index (χ3n) is 3.08. The predicted octanol–water partition coefficient (Wildman–Crippen LogP) is 1.42. The summed E-state index contributed by atoms with van der Waals surface area (Å²) in [6.07, 6.45) is 0. The van der Waals surface area contributed by atoms with Crippen molar-refractivity contribution in [1.82, 2.24) is 4.90 Å². The molecule has 0 saturated heterocycles. The summed E-state index contributed by atoms with van der Waals surface area (Å²) < 4.78 is 0. The second-order valence-electron chi connectivity index (χ2n) is 4.91. The molecule has 0 aliphatic heterocycles. The fraction of sp³-hybridized carbons (Fsp3) is 0.462. The van der Waals surface area contributed by atoms with Crippen LogP contribution in [0.1, 0.15) is 29.8 Å². The molecule has 0 aliphatic carbocycles. The van der Waals surface area contributed by atoms with Crippen LogP contribution in [-0.4, -0.2) is 35.1 Å². The van der Waals surface area contributed by atoms with Crippen molar-refractivity contribution < 1.29 is 9.90 Å². The van der Waals surface area contributed by atoms with E-state index >= 15 is 0 Å². The van der Waals surface area contributed by atoms with Crippen LogP contribution in [0.5, 0.6) is 0 Å². The highest BCUT2D eigenvalue weighted by Gasteiger charge is 2.28. The molecule has 1 aromatic carbocycles. The summed E-state index contributed by atoms with van der Waals surface area (Å²) in [5.41, 5.74) is 7.17. The molecule has 0 atom stereocenters. The standard InChI is InChI=1S/C13H20N2O2/c1-9-7-10(14)5-6-11(9)12(17)15(4)13(2,3)8-16/h5-7,16H,8,14H2,1-4H3. The minimum absolute atomic E-state index is 0.0801. The Balaban J connectivity index is 3.05. The molecule has 0 aliphatic rings. The Labute approximate surface area is 102 Å². The largest absolute Gasteiger partial charge is 0.399 e. The van der Waals surface area contributed by atoms with E-state index < -0.39 is 5.54 Å². The van der Waals surface area contributed by atoms with Crippen LogP contribution in [0.3, 0.4) is 0 Å². The molecule has 1 amide bonds. The summed E-state index contributed by atoms with van der Waals surface area (Å²) in [5, 5.41) is 9.26. The average Bonchev–Trinajstić information content (AvgIpc) is 2.27. The molecule has 0 saturated carbocycles. The fourth-order valence-electron chi connectivity index (χ4n) is 1.49. The first-order chi connectivity index (χ1) is 7.79. The minimum atomic E-state index is -0.578. The minimum Gasteiger partial charge on any atom is -0.399 e. The summed E-state index contributed by atoms with van der Waals surface area (Å²) in [6.45, 7) is 5.40. The lowest BCUT2D eigenvalue weighted by atomic mass is 10.0. The van der Waals surface area contributed by atoms with Crippen LogP contribution in [0.15, 0.2) is 18.2 Å². The SMILES string of the molecule is Cc1cc(N)ccc1C(=O)N(C)C(C)(C)CO. The van der Waals surface area contributed by atoms with E-state index in [1.165, 1.54) is 0 Å². The highest BCUT2D eigenvalue weighted by Crippen LogP contribution is 2.19. The molecule has 4 nitrogen and oxygen atoms in total. The molecule has 3 N–H and O–H groups in total. The number of carbonyl (C=O) groups is 1. The van der Waals surface area contributed by atoms with Gasteiger partial charge in [0, 0.05) is 18.3 Å². The van der Waals surface area contributed by atoms with E-state index in [4.69, 9.17) is 5.73 Å². The number of aryl methyl sites for hydroxylation is 1. The Hall–Kier alpha value is -1.55. The first-order valence-corrected chi connectivity index (χ1v) is 5.55. The monoisotopic (exact) mass is 236 g/mol. The number of likely N-dealkylation sites (N-methyl/N-ethyl adjacent to an activating group) is 1. The van der Waals surface area contributed by atoms with Crippen molar-refractivity contribution in [2.45, 2.75) is 26.3 Å². The van der Waals surface area contributed by atoms with Crippen molar-refractivity contribution in [1.29, 1.82) is 0 Å². The third-order valence-corrected chi connectivity index (χ3v) is 3.08. The van der Waals surface area contributed by atoms with Gasteiger partial charge in [0.1, 0.15) is 0 Å². The molecule has 94 valence electrons. The van der Waals surface area contributed by atoms with Gasteiger partial charge in [0.15, 0.2) is 0 Å². The Kier molecular flexibility index (Phi) is 3.78. The van der Waals surface area contributed by atoms with E-state index in [1.807, 2.05) is 20.8 Å². The summed E-state index contributed by atoms with van der Waals surface area (Å²) >= 11 is 0. The highest BCUT2D eigenvalue weighted by atomic mass is 16.3. The smallest absolute Gasteiger partial charge is 0.254 e. The quantitative estimate of drug-likeness (QED) is 0.780. The van der Waals surface area contributed by atoms with Crippen LogP contribution in [-0.2, 0) is 0 Å². The van der Waals surface area contributed by atoms with Crippen molar-refractivity contribution >= 4 is 11.6 Å². The Bertz CT molecular complexity index is 427. The van der Waals surface area contributed by atoms with Crippen LogP contribution in [0.2, 0.25) is 0 Å². The van der Waals surface area contributed by atoms with Crippen molar-refractivity contribution in [3.63, 3.8) is 0 Å². The van der Waals surface area contributed by atoms with E-state index in [9.17, 15) is 9.90 Å². The number of benzene rings is 1. The predicted molar refractivity (Wildman–Crippen MR) is 68.8 cm³/mol. The Morgan fingerprint density at radius 2 is 2.06 bits per heavy atom. The van der Waals surface area contributed by atoms with Gasteiger partial charge >= 0.3 is 0 Å². The summed E-state index contributed by atoms with van der Waals surface area (Å²) in [7, 11) is 1.69. The molecule has 0 spiro atoms. The third kappa shape index (κ3) is 2.77. The van der Waals surface area contributed by atoms with Gasteiger partial charge in [-0.05, 0) is 44.5 Å². The second-order valence-corrected chi connectivity index (χ2v) is 4.91. The maximum absolute atomic E-state index is 12.3. The van der Waals surface area contributed by atoms with Gasteiger partial charge in [-0.15, -0.1) is 0 Å². The van der Waals surface area contributed by atoms with E-state index in [0.29, 0.717) is 11.3 Å². The van der Waals surface area contributed by atoms with E-state index in [2.05, 4.69) is 0 Å². The van der Waals surface area contributed by atoms with E-state index in [-0.39, 0.29) is 12.5 Å². The topological polar surface area (TPSA) is 66.6 Å². The summed E-state index contributed by atoms with van der Waals surface area (Å²) in [6, 6.07) is 5.20. The van der Waals surface area contributed by atoms with Crippen LogP contribution >= 0.6 is 0 Å². The molecule has 4 heteroatoms. The number of hydrogen-bond acceptors (Lipinski definition) is 3. The van der Waals surface area contributed by atoms with E-state index in [0.717, 1.165) is 5.56 Å². The lowest BCUT2D eigenvalue weighted by Gasteiger charge is -2.34. The van der Waals surface area contributed by atoms with Gasteiger partial charge in [0.2, 0.25) is 0 Å². The number of amides is 1. The first kappa shape index (κ1) is 13.5. The van der Waals surface area contributed by atoms with Crippen molar-refractivity contribution in [2.75, 3.05) is 19.4 Å². The molecule has 1 aromatic rings. The van der Waals surface area contributed by atoms with Gasteiger partial charge < -0.3 is 15.7 Å². The lowest BCUT2D eigenvalue weighted by molar-refractivity contribution is 0.0472. The van der Waals surface area contributed by atoms with Gasteiger partial charge in [-0.25, -0.2) is 0 Å². The van der Waals surface area contributed by atoms with Crippen LogP contribution in [0, 0.1) is 6.92 Å². The molecule has 0 bridgehead atoms. The van der Waals surface area contributed by atoms with Crippen molar-refractivity contribution in [3.8, 4) is 0 Å². The van der Waals surface area contributed by atoms with Gasteiger partial charge in [-0.2, -0.15) is 0 Å². The molecular formula is C13H20N2O2. The van der Waals surface area contributed by atoms with Crippen LogP contribution in [0.4, 0.5) is 5.69 Å². The lowest BCUT2D eigenvalue weighted by Crippen LogP contribution is -2.47. The van der Waals surface area contributed by atoms with Gasteiger partial charge in [-0.3, -0.25) is 4.79 Å². The zero-order chi connectivity index (χ0) is 13.2. The van der Waals surface area contributed by atoms with Gasteiger partial charge in [-0.1, -0.05) is 0 Å².